The van der Waals surface area contributed by atoms with Gasteiger partial charge in [0.2, 0.25) is 0 Å². The summed E-state index contributed by atoms with van der Waals surface area (Å²) in [5, 5.41) is 0. The molecule has 2 aliphatic heterocycles. The van der Waals surface area contributed by atoms with Crippen LogP contribution in [0.1, 0.15) is 34.8 Å². The van der Waals surface area contributed by atoms with Gasteiger partial charge in [-0.2, -0.15) is 8.42 Å². The number of amides is 1. The van der Waals surface area contributed by atoms with E-state index < -0.39 is 10.0 Å². The molecule has 0 aliphatic carbocycles. The molecule has 0 saturated carbocycles. The fraction of sp³-hybridized carbons (Fsp3) is 0.304. The molecule has 2 aromatic rings. The van der Waals surface area contributed by atoms with E-state index in [0.717, 1.165) is 5.56 Å². The Morgan fingerprint density at radius 3 is 2.29 bits per heavy atom. The summed E-state index contributed by atoms with van der Waals surface area (Å²) in [7, 11) is -3.78. The maximum Gasteiger partial charge on any atom is 0.285 e. The summed E-state index contributed by atoms with van der Waals surface area (Å²) in [6, 6.07) is 12.9. The molecular formula is C23H24FN3O3S. The predicted octanol–water partition coefficient (Wildman–Crippen LogP) is 3.46. The third-order valence-corrected chi connectivity index (χ3v) is 7.10. The molecule has 2 aliphatic rings. The minimum absolute atomic E-state index is 0.157. The van der Waals surface area contributed by atoms with Crippen molar-refractivity contribution in [3.63, 3.8) is 0 Å². The van der Waals surface area contributed by atoms with E-state index in [1.807, 2.05) is 24.0 Å². The number of hydrogen-bond acceptors (Lipinski definition) is 4. The first-order valence-electron chi connectivity index (χ1n) is 10.2. The summed E-state index contributed by atoms with van der Waals surface area (Å²) in [5.41, 5.74) is 2.75. The third kappa shape index (κ3) is 4.25. The molecule has 6 nitrogen and oxygen atoms in total. The number of rotatable bonds is 2. The maximum absolute atomic E-state index is 13.2. The zero-order chi connectivity index (χ0) is 22.2. The molecule has 31 heavy (non-hydrogen) atoms. The molecule has 0 radical (unpaired) electrons. The normalized spacial score (nSPS) is 18.7. The van der Waals surface area contributed by atoms with Crippen molar-refractivity contribution in [3.8, 4) is 0 Å². The van der Waals surface area contributed by atoms with E-state index in [1.54, 1.807) is 24.0 Å². The van der Waals surface area contributed by atoms with Gasteiger partial charge in [-0.25, -0.2) is 4.39 Å². The lowest BCUT2D eigenvalue weighted by atomic mass is 10.1. The van der Waals surface area contributed by atoms with Gasteiger partial charge in [-0.15, -0.1) is 4.40 Å². The van der Waals surface area contributed by atoms with Crippen LogP contribution >= 0.6 is 0 Å². The Morgan fingerprint density at radius 1 is 0.935 bits per heavy atom. The van der Waals surface area contributed by atoms with Crippen molar-refractivity contribution in [2.24, 2.45) is 4.40 Å². The molecule has 0 atom stereocenters. The van der Waals surface area contributed by atoms with Crippen molar-refractivity contribution in [2.45, 2.75) is 20.3 Å². The Balaban J connectivity index is 1.54. The Morgan fingerprint density at radius 2 is 1.61 bits per heavy atom. The van der Waals surface area contributed by atoms with Gasteiger partial charge in [0, 0.05) is 37.3 Å². The van der Waals surface area contributed by atoms with E-state index in [-0.39, 0.29) is 16.6 Å². The number of halogens is 1. The zero-order valence-electron chi connectivity index (χ0n) is 17.5. The molecule has 2 heterocycles. The van der Waals surface area contributed by atoms with Crippen molar-refractivity contribution in [1.29, 1.82) is 0 Å². The van der Waals surface area contributed by atoms with Gasteiger partial charge < -0.3 is 9.80 Å². The quantitative estimate of drug-likeness (QED) is 0.716. The van der Waals surface area contributed by atoms with Gasteiger partial charge in [0.1, 0.15) is 16.6 Å². The highest BCUT2D eigenvalue weighted by Gasteiger charge is 2.34. The van der Waals surface area contributed by atoms with Crippen LogP contribution in [0, 0.1) is 12.7 Å². The fourth-order valence-corrected chi connectivity index (χ4v) is 5.48. The molecule has 2 aromatic carbocycles. The minimum Gasteiger partial charge on any atom is -0.354 e. The highest BCUT2D eigenvalue weighted by atomic mass is 32.2. The number of carbonyl (C=O) groups is 1. The molecular weight excluding hydrogens is 417 g/mol. The largest absolute Gasteiger partial charge is 0.354 e. The highest BCUT2D eigenvalue weighted by Crippen LogP contribution is 2.34. The number of hydrogen-bond donors (Lipinski definition) is 0. The standard InChI is InChI=1S/C23H24FN3O3S/c1-16-4-6-18(7-5-16)21-17(2)22(25-31(21,29)30)26-12-3-13-27(15-14-26)23(28)19-8-10-20(24)11-9-19/h4-11H,3,12-15H2,1-2H3. The van der Waals surface area contributed by atoms with Gasteiger partial charge >= 0.3 is 0 Å². The number of amidine groups is 1. The molecule has 4 rings (SSSR count). The van der Waals surface area contributed by atoms with Crippen LogP contribution in [0.15, 0.2) is 58.5 Å². The van der Waals surface area contributed by atoms with Gasteiger partial charge in [-0.3, -0.25) is 4.79 Å². The van der Waals surface area contributed by atoms with E-state index in [1.165, 1.54) is 24.3 Å². The lowest BCUT2D eigenvalue weighted by molar-refractivity contribution is 0.0764. The van der Waals surface area contributed by atoms with Crippen molar-refractivity contribution in [3.05, 3.63) is 76.6 Å². The van der Waals surface area contributed by atoms with Crippen LogP contribution in [-0.2, 0) is 10.0 Å². The predicted molar refractivity (Wildman–Crippen MR) is 119 cm³/mol. The Hall–Kier alpha value is -3.00. The Kier molecular flexibility index (Phi) is 5.66. The molecule has 0 aromatic heterocycles. The van der Waals surface area contributed by atoms with Crippen LogP contribution in [0.5, 0.6) is 0 Å². The molecule has 1 amide bonds. The summed E-state index contributed by atoms with van der Waals surface area (Å²) >= 11 is 0. The first-order valence-corrected chi connectivity index (χ1v) is 11.6. The van der Waals surface area contributed by atoms with E-state index in [2.05, 4.69) is 4.40 Å². The lowest BCUT2D eigenvalue weighted by Crippen LogP contribution is -2.37. The molecule has 0 N–H and O–H groups in total. The SMILES string of the molecule is CC1=C(c2ccc(C)cc2)S(=O)(=O)N=C1N1CCCN(C(=O)c2ccc(F)cc2)CC1. The third-order valence-electron chi connectivity index (χ3n) is 5.63. The highest BCUT2D eigenvalue weighted by molar-refractivity contribution is 8.00. The average molecular weight is 442 g/mol. The summed E-state index contributed by atoms with van der Waals surface area (Å²) in [4.78, 5) is 16.7. The van der Waals surface area contributed by atoms with Crippen molar-refractivity contribution >= 4 is 26.7 Å². The smallest absolute Gasteiger partial charge is 0.285 e. The van der Waals surface area contributed by atoms with Crippen molar-refractivity contribution < 1.29 is 17.6 Å². The van der Waals surface area contributed by atoms with Crippen LogP contribution in [0.2, 0.25) is 0 Å². The molecule has 0 spiro atoms. The summed E-state index contributed by atoms with van der Waals surface area (Å²) in [6.45, 7) is 5.78. The topological polar surface area (TPSA) is 70.1 Å². The monoisotopic (exact) mass is 441 g/mol. The van der Waals surface area contributed by atoms with E-state index in [9.17, 15) is 17.6 Å². The molecule has 1 saturated heterocycles. The maximum atomic E-state index is 13.2. The number of benzene rings is 2. The van der Waals surface area contributed by atoms with Gasteiger partial charge in [0.25, 0.3) is 15.9 Å². The van der Waals surface area contributed by atoms with Gasteiger partial charge in [0.05, 0.1) is 0 Å². The minimum atomic E-state index is -3.78. The number of nitrogens with zero attached hydrogens (tertiary/aromatic N) is 3. The number of sulfonamides is 1. The Bertz CT molecular complexity index is 1170. The van der Waals surface area contributed by atoms with Crippen LogP contribution in [0.25, 0.3) is 4.91 Å². The van der Waals surface area contributed by atoms with Crippen LogP contribution < -0.4 is 0 Å². The van der Waals surface area contributed by atoms with Gasteiger partial charge in [0.15, 0.2) is 0 Å². The first kappa shape index (κ1) is 21.2. The average Bonchev–Trinajstić information content (AvgIpc) is 2.90. The van der Waals surface area contributed by atoms with Crippen LogP contribution in [0.4, 0.5) is 4.39 Å². The number of carbonyl (C=O) groups excluding carboxylic acids is 1. The van der Waals surface area contributed by atoms with E-state index >= 15 is 0 Å². The van der Waals surface area contributed by atoms with Crippen LogP contribution in [0.3, 0.4) is 0 Å². The fourth-order valence-electron chi connectivity index (χ4n) is 4.00. The summed E-state index contributed by atoms with van der Waals surface area (Å²) in [5.74, 6) is -0.0900. The van der Waals surface area contributed by atoms with Crippen molar-refractivity contribution in [2.75, 3.05) is 26.2 Å². The molecule has 0 unspecified atom stereocenters. The molecule has 1 fully saturated rings. The summed E-state index contributed by atoms with van der Waals surface area (Å²) < 4.78 is 42.9. The first-order chi connectivity index (χ1) is 14.8. The summed E-state index contributed by atoms with van der Waals surface area (Å²) in [6.07, 6.45) is 0.680. The second kappa shape index (κ2) is 8.26. The zero-order valence-corrected chi connectivity index (χ0v) is 18.3. The van der Waals surface area contributed by atoms with Gasteiger partial charge in [-0.1, -0.05) is 29.8 Å². The lowest BCUT2D eigenvalue weighted by Gasteiger charge is -2.23. The van der Waals surface area contributed by atoms with E-state index in [0.29, 0.717) is 55.1 Å². The van der Waals surface area contributed by atoms with Crippen molar-refractivity contribution in [1.82, 2.24) is 9.80 Å². The molecule has 162 valence electrons. The number of aryl methyl sites for hydroxylation is 1. The second-order valence-corrected chi connectivity index (χ2v) is 9.39. The molecule has 0 bridgehead atoms. The second-order valence-electron chi connectivity index (χ2n) is 7.85. The van der Waals surface area contributed by atoms with Crippen LogP contribution in [-0.4, -0.2) is 56.1 Å². The molecule has 8 heteroatoms. The van der Waals surface area contributed by atoms with Gasteiger partial charge in [-0.05, 0) is 50.1 Å². The Labute approximate surface area is 181 Å². The van der Waals surface area contributed by atoms with E-state index in [4.69, 9.17) is 0 Å².